The highest BCUT2D eigenvalue weighted by Gasteiger charge is 2.11. The molecule has 0 unspecified atom stereocenters. The van der Waals surface area contributed by atoms with Gasteiger partial charge in [0.05, 0.1) is 22.0 Å². The van der Waals surface area contributed by atoms with E-state index in [1.807, 2.05) is 12.1 Å². The number of nitrogens with zero attached hydrogens (tertiary/aromatic N) is 2. The van der Waals surface area contributed by atoms with Crippen molar-refractivity contribution in [2.75, 3.05) is 11.9 Å². The Hall–Kier alpha value is -1.36. The second-order valence-corrected chi connectivity index (χ2v) is 4.58. The second-order valence-electron chi connectivity index (χ2n) is 3.78. The van der Waals surface area contributed by atoms with Gasteiger partial charge in [-0.1, -0.05) is 0 Å². The molecule has 3 rings (SSSR count). The van der Waals surface area contributed by atoms with Crippen molar-refractivity contribution in [3.63, 3.8) is 0 Å². The Morgan fingerprint density at radius 2 is 2.31 bits per heavy atom. The summed E-state index contributed by atoms with van der Waals surface area (Å²) in [4.78, 5) is 11.7. The Morgan fingerprint density at radius 3 is 3.12 bits per heavy atom. The third-order valence-electron chi connectivity index (χ3n) is 2.68. The number of amidine groups is 1. The van der Waals surface area contributed by atoms with Gasteiger partial charge in [-0.25, -0.2) is 4.98 Å². The standard InChI is InChI=1S/C11H11BrN4/c12-10-7(16-9-2-1-5-13-9)3-4-8-11(10)15-6-14-8/h3-4,6H,1-2,5H2,(H,13,16)(H,14,15). The summed E-state index contributed by atoms with van der Waals surface area (Å²) in [6.07, 6.45) is 3.88. The second kappa shape index (κ2) is 3.90. The summed E-state index contributed by atoms with van der Waals surface area (Å²) in [7, 11) is 0. The van der Waals surface area contributed by atoms with Gasteiger partial charge in [-0.05, 0) is 34.5 Å². The molecule has 5 heteroatoms. The van der Waals surface area contributed by atoms with Gasteiger partial charge in [0, 0.05) is 13.0 Å². The summed E-state index contributed by atoms with van der Waals surface area (Å²) in [6, 6.07) is 4.05. The number of aliphatic imine (C=N–C) groups is 1. The molecule has 0 fully saturated rings. The van der Waals surface area contributed by atoms with Crippen molar-refractivity contribution in [3.05, 3.63) is 22.9 Å². The first kappa shape index (κ1) is 9.84. The van der Waals surface area contributed by atoms with Crippen LogP contribution in [0.1, 0.15) is 12.8 Å². The maximum Gasteiger partial charge on any atom is 0.105 e. The zero-order valence-electron chi connectivity index (χ0n) is 8.63. The van der Waals surface area contributed by atoms with E-state index in [0.29, 0.717) is 0 Å². The summed E-state index contributed by atoms with van der Waals surface area (Å²) in [6.45, 7) is 0.935. The maximum atomic E-state index is 4.40. The van der Waals surface area contributed by atoms with Crippen LogP contribution >= 0.6 is 15.9 Å². The first-order valence-electron chi connectivity index (χ1n) is 5.26. The van der Waals surface area contributed by atoms with E-state index >= 15 is 0 Å². The Bertz CT molecular complexity index is 558. The number of aromatic amines is 1. The molecule has 2 heterocycles. The van der Waals surface area contributed by atoms with Gasteiger partial charge in [-0.3, -0.25) is 4.99 Å². The highest BCUT2D eigenvalue weighted by atomic mass is 79.9. The zero-order chi connectivity index (χ0) is 11.0. The fourth-order valence-electron chi connectivity index (χ4n) is 1.87. The van der Waals surface area contributed by atoms with E-state index in [2.05, 4.69) is 36.2 Å². The van der Waals surface area contributed by atoms with Crippen molar-refractivity contribution < 1.29 is 0 Å². The minimum absolute atomic E-state index is 0.935. The van der Waals surface area contributed by atoms with Crippen molar-refractivity contribution in [1.82, 2.24) is 9.97 Å². The molecule has 4 nitrogen and oxygen atoms in total. The maximum absolute atomic E-state index is 4.40. The van der Waals surface area contributed by atoms with Crippen LogP contribution in [0.25, 0.3) is 11.0 Å². The largest absolute Gasteiger partial charge is 0.345 e. The lowest BCUT2D eigenvalue weighted by atomic mass is 10.2. The van der Waals surface area contributed by atoms with E-state index in [1.165, 1.54) is 0 Å². The van der Waals surface area contributed by atoms with Crippen LogP contribution in [0.3, 0.4) is 0 Å². The number of aromatic nitrogens is 2. The predicted octanol–water partition coefficient (Wildman–Crippen LogP) is 2.93. The summed E-state index contributed by atoms with van der Waals surface area (Å²) in [5, 5.41) is 3.34. The SMILES string of the molecule is Brc1c(NC2=NCCC2)ccc2[nH]cnc12. The van der Waals surface area contributed by atoms with Crippen molar-refractivity contribution in [2.24, 2.45) is 4.99 Å². The van der Waals surface area contributed by atoms with Crippen LogP contribution in [0.2, 0.25) is 0 Å². The van der Waals surface area contributed by atoms with Gasteiger partial charge < -0.3 is 10.3 Å². The van der Waals surface area contributed by atoms with Crippen molar-refractivity contribution in [1.29, 1.82) is 0 Å². The van der Waals surface area contributed by atoms with Crippen molar-refractivity contribution >= 4 is 38.5 Å². The number of fused-ring (bicyclic) bond motifs is 1. The van der Waals surface area contributed by atoms with Crippen LogP contribution < -0.4 is 5.32 Å². The fraction of sp³-hybridized carbons (Fsp3) is 0.273. The molecule has 0 spiro atoms. The molecule has 0 aliphatic carbocycles. The molecule has 0 saturated heterocycles. The average molecular weight is 279 g/mol. The molecular formula is C11H11BrN4. The summed E-state index contributed by atoms with van der Waals surface area (Å²) in [5.74, 6) is 1.07. The molecule has 1 aliphatic rings. The third kappa shape index (κ3) is 1.61. The van der Waals surface area contributed by atoms with E-state index < -0.39 is 0 Å². The molecule has 1 aromatic carbocycles. The molecule has 1 aromatic heterocycles. The summed E-state index contributed by atoms with van der Waals surface area (Å²) >= 11 is 3.57. The van der Waals surface area contributed by atoms with E-state index in [1.54, 1.807) is 6.33 Å². The Balaban J connectivity index is 1.99. The van der Waals surface area contributed by atoms with Crippen molar-refractivity contribution in [3.8, 4) is 0 Å². The van der Waals surface area contributed by atoms with Gasteiger partial charge >= 0.3 is 0 Å². The average Bonchev–Trinajstić information content (AvgIpc) is 2.93. The Kier molecular flexibility index (Phi) is 2.40. The lowest BCUT2D eigenvalue weighted by Crippen LogP contribution is -2.08. The number of hydrogen-bond acceptors (Lipinski definition) is 3. The minimum Gasteiger partial charge on any atom is -0.345 e. The van der Waals surface area contributed by atoms with Crippen molar-refractivity contribution in [2.45, 2.75) is 12.8 Å². The molecule has 2 N–H and O–H groups in total. The topological polar surface area (TPSA) is 53.1 Å². The predicted molar refractivity (Wildman–Crippen MR) is 69.0 cm³/mol. The smallest absolute Gasteiger partial charge is 0.105 e. The first-order chi connectivity index (χ1) is 7.84. The molecular weight excluding hydrogens is 268 g/mol. The van der Waals surface area contributed by atoms with Crippen LogP contribution in [0.4, 0.5) is 5.69 Å². The number of H-pyrrole nitrogens is 1. The van der Waals surface area contributed by atoms with Gasteiger partial charge in [0.15, 0.2) is 0 Å². The number of benzene rings is 1. The van der Waals surface area contributed by atoms with Crippen LogP contribution in [0, 0.1) is 0 Å². The number of nitrogens with one attached hydrogen (secondary N) is 2. The summed E-state index contributed by atoms with van der Waals surface area (Å²) in [5.41, 5.74) is 3.01. The van der Waals surface area contributed by atoms with E-state index in [9.17, 15) is 0 Å². The monoisotopic (exact) mass is 278 g/mol. The first-order valence-corrected chi connectivity index (χ1v) is 6.06. The van der Waals surface area contributed by atoms with Crippen LogP contribution in [-0.4, -0.2) is 22.3 Å². The zero-order valence-corrected chi connectivity index (χ0v) is 10.2. The van der Waals surface area contributed by atoms with Crippen LogP contribution in [0.5, 0.6) is 0 Å². The Morgan fingerprint density at radius 1 is 1.38 bits per heavy atom. The number of halogens is 1. The third-order valence-corrected chi connectivity index (χ3v) is 3.49. The highest BCUT2D eigenvalue weighted by molar-refractivity contribution is 9.10. The molecule has 0 atom stereocenters. The molecule has 0 bridgehead atoms. The van der Waals surface area contributed by atoms with Gasteiger partial charge in [0.25, 0.3) is 0 Å². The van der Waals surface area contributed by atoms with E-state index in [-0.39, 0.29) is 0 Å². The molecule has 16 heavy (non-hydrogen) atoms. The van der Waals surface area contributed by atoms with Gasteiger partial charge in [0.2, 0.25) is 0 Å². The Labute approximate surface area is 101 Å². The normalized spacial score (nSPS) is 15.4. The van der Waals surface area contributed by atoms with E-state index in [4.69, 9.17) is 0 Å². The minimum atomic E-state index is 0.935. The number of imidazole rings is 1. The summed E-state index contributed by atoms with van der Waals surface area (Å²) < 4.78 is 0.987. The lowest BCUT2D eigenvalue weighted by molar-refractivity contribution is 0.951. The molecule has 1 aliphatic heterocycles. The molecule has 2 aromatic rings. The van der Waals surface area contributed by atoms with E-state index in [0.717, 1.165) is 46.4 Å². The quantitative estimate of drug-likeness (QED) is 0.843. The number of rotatable bonds is 1. The van der Waals surface area contributed by atoms with Crippen LogP contribution in [0.15, 0.2) is 27.9 Å². The number of hydrogen-bond donors (Lipinski definition) is 2. The van der Waals surface area contributed by atoms with Gasteiger partial charge in [0.1, 0.15) is 11.4 Å². The fourth-order valence-corrected chi connectivity index (χ4v) is 2.41. The van der Waals surface area contributed by atoms with Gasteiger partial charge in [-0.2, -0.15) is 0 Å². The van der Waals surface area contributed by atoms with Gasteiger partial charge in [-0.15, -0.1) is 0 Å². The van der Waals surface area contributed by atoms with Crippen LogP contribution in [-0.2, 0) is 0 Å². The molecule has 82 valence electrons. The molecule has 0 saturated carbocycles. The highest BCUT2D eigenvalue weighted by Crippen LogP contribution is 2.29. The lowest BCUT2D eigenvalue weighted by Gasteiger charge is -2.08. The number of anilines is 1. The molecule has 0 radical (unpaired) electrons. The molecule has 0 amide bonds.